The van der Waals surface area contributed by atoms with Gasteiger partial charge in [0.2, 0.25) is 0 Å². The Hall–Kier alpha value is -1.69. The Bertz CT molecular complexity index is 522. The quantitative estimate of drug-likeness (QED) is 0.570. The van der Waals surface area contributed by atoms with Crippen LogP contribution in [0.4, 0.5) is 0 Å². The topological polar surface area (TPSA) is 66.9 Å². The minimum absolute atomic E-state index is 0.140. The molecule has 3 fully saturated rings. The molecule has 0 aromatic carbocycles. The maximum Gasteiger partial charge on any atom is 0.258 e. The van der Waals surface area contributed by atoms with Crippen molar-refractivity contribution in [2.45, 2.75) is 25.7 Å². The smallest absolute Gasteiger partial charge is 0.258 e. The van der Waals surface area contributed by atoms with Gasteiger partial charge in [-0.15, -0.1) is 0 Å². The molecule has 4 atom stereocenters. The SMILES string of the molecule is O=C(CON1C(=O)C2C3C=CC(C3)C2C1=O)N1CCCCC1. The van der Waals surface area contributed by atoms with Crippen molar-refractivity contribution in [2.75, 3.05) is 19.7 Å². The Labute approximate surface area is 129 Å². The minimum Gasteiger partial charge on any atom is -0.341 e. The Balaban J connectivity index is 1.39. The van der Waals surface area contributed by atoms with Gasteiger partial charge in [0.05, 0.1) is 11.8 Å². The Morgan fingerprint density at radius 2 is 1.64 bits per heavy atom. The molecule has 2 heterocycles. The number of amides is 3. The molecule has 118 valence electrons. The first-order chi connectivity index (χ1) is 10.7. The summed E-state index contributed by atoms with van der Waals surface area (Å²) in [6, 6.07) is 0. The van der Waals surface area contributed by atoms with Gasteiger partial charge >= 0.3 is 0 Å². The van der Waals surface area contributed by atoms with Crippen molar-refractivity contribution in [3.63, 3.8) is 0 Å². The molecule has 2 aliphatic carbocycles. The molecule has 6 nitrogen and oxygen atoms in total. The fourth-order valence-corrected chi connectivity index (χ4v) is 4.36. The number of rotatable bonds is 3. The van der Waals surface area contributed by atoms with Crippen molar-refractivity contribution >= 4 is 17.7 Å². The number of hydroxylamine groups is 2. The summed E-state index contributed by atoms with van der Waals surface area (Å²) in [5, 5.41) is 0.864. The second-order valence-electron chi connectivity index (χ2n) is 6.69. The molecule has 0 spiro atoms. The maximum atomic E-state index is 12.4. The van der Waals surface area contributed by atoms with Crippen LogP contribution in [0.5, 0.6) is 0 Å². The average Bonchev–Trinajstić information content (AvgIpc) is 3.21. The highest BCUT2D eigenvalue weighted by Gasteiger charge is 2.60. The summed E-state index contributed by atoms with van der Waals surface area (Å²) in [7, 11) is 0. The number of fused-ring (bicyclic) bond motifs is 5. The molecule has 4 rings (SSSR count). The van der Waals surface area contributed by atoms with Crippen LogP contribution in [-0.2, 0) is 19.2 Å². The molecular formula is C16H20N2O4. The van der Waals surface area contributed by atoms with Gasteiger partial charge in [-0.05, 0) is 37.5 Å². The Morgan fingerprint density at radius 1 is 1.05 bits per heavy atom. The maximum absolute atomic E-state index is 12.4. The van der Waals surface area contributed by atoms with Crippen LogP contribution in [0.2, 0.25) is 0 Å². The fourth-order valence-electron chi connectivity index (χ4n) is 4.36. The Kier molecular flexibility index (Phi) is 3.29. The summed E-state index contributed by atoms with van der Waals surface area (Å²) >= 11 is 0. The normalized spacial score (nSPS) is 36.4. The highest BCUT2D eigenvalue weighted by molar-refractivity contribution is 6.05. The summed E-state index contributed by atoms with van der Waals surface area (Å²) in [5.74, 6) is -0.883. The molecule has 2 bridgehead atoms. The second-order valence-corrected chi connectivity index (χ2v) is 6.69. The van der Waals surface area contributed by atoms with Crippen molar-refractivity contribution < 1.29 is 19.2 Å². The van der Waals surface area contributed by atoms with Gasteiger partial charge in [0.25, 0.3) is 17.7 Å². The predicted octanol–water partition coefficient (Wildman–Crippen LogP) is 0.738. The molecule has 4 aliphatic rings. The van der Waals surface area contributed by atoms with E-state index in [4.69, 9.17) is 4.84 Å². The number of carbonyl (C=O) groups excluding carboxylic acids is 3. The second kappa shape index (κ2) is 5.19. The van der Waals surface area contributed by atoms with Crippen molar-refractivity contribution in [2.24, 2.45) is 23.7 Å². The third-order valence-electron chi connectivity index (χ3n) is 5.46. The Morgan fingerprint density at radius 3 is 2.23 bits per heavy atom. The van der Waals surface area contributed by atoms with Gasteiger partial charge in [0.1, 0.15) is 0 Å². The zero-order valence-corrected chi connectivity index (χ0v) is 12.4. The van der Waals surface area contributed by atoms with Gasteiger partial charge in [-0.1, -0.05) is 12.2 Å². The number of hydrogen-bond donors (Lipinski definition) is 0. The predicted molar refractivity (Wildman–Crippen MR) is 76.0 cm³/mol. The van der Waals surface area contributed by atoms with E-state index in [1.54, 1.807) is 4.90 Å². The average molecular weight is 304 g/mol. The highest BCUT2D eigenvalue weighted by atomic mass is 16.7. The van der Waals surface area contributed by atoms with Crippen LogP contribution in [0.25, 0.3) is 0 Å². The first-order valence-corrected chi connectivity index (χ1v) is 8.13. The molecule has 0 aromatic rings. The van der Waals surface area contributed by atoms with E-state index >= 15 is 0 Å². The molecule has 6 heteroatoms. The third kappa shape index (κ3) is 2.00. The molecule has 3 amide bonds. The largest absolute Gasteiger partial charge is 0.341 e. The summed E-state index contributed by atoms with van der Waals surface area (Å²) < 4.78 is 0. The fraction of sp³-hybridized carbons (Fsp3) is 0.688. The van der Waals surface area contributed by atoms with Crippen molar-refractivity contribution in [3.05, 3.63) is 12.2 Å². The molecule has 0 radical (unpaired) electrons. The van der Waals surface area contributed by atoms with E-state index in [2.05, 4.69) is 0 Å². The number of carbonyl (C=O) groups is 3. The van der Waals surface area contributed by atoms with Crippen molar-refractivity contribution in [1.29, 1.82) is 0 Å². The summed E-state index contributed by atoms with van der Waals surface area (Å²) in [6.45, 7) is 1.26. The molecule has 2 saturated heterocycles. The highest BCUT2D eigenvalue weighted by Crippen LogP contribution is 2.52. The first kappa shape index (κ1) is 13.9. The number of nitrogens with zero attached hydrogens (tertiary/aromatic N) is 2. The lowest BCUT2D eigenvalue weighted by Crippen LogP contribution is -2.41. The third-order valence-corrected chi connectivity index (χ3v) is 5.46. The molecule has 0 N–H and O–H groups in total. The van der Waals surface area contributed by atoms with E-state index in [1.165, 1.54) is 0 Å². The van der Waals surface area contributed by atoms with Crippen LogP contribution in [0.15, 0.2) is 12.2 Å². The van der Waals surface area contributed by atoms with E-state index in [1.807, 2.05) is 12.2 Å². The standard InChI is InChI=1S/C16H20N2O4/c19-12(17-6-2-1-3-7-17)9-22-18-15(20)13-10-4-5-11(8-10)14(13)16(18)21/h4-5,10-11,13-14H,1-3,6-9H2. The summed E-state index contributed by atoms with van der Waals surface area (Å²) in [4.78, 5) is 44.0. The van der Waals surface area contributed by atoms with Gasteiger partial charge in [0, 0.05) is 13.1 Å². The lowest BCUT2D eigenvalue weighted by Gasteiger charge is -2.27. The molecule has 4 unspecified atom stereocenters. The lowest BCUT2D eigenvalue weighted by atomic mass is 9.85. The number of likely N-dealkylation sites (tertiary alicyclic amines) is 1. The molecule has 22 heavy (non-hydrogen) atoms. The van der Waals surface area contributed by atoms with E-state index < -0.39 is 0 Å². The van der Waals surface area contributed by atoms with E-state index in [-0.39, 0.29) is 48.0 Å². The van der Waals surface area contributed by atoms with Gasteiger partial charge in [-0.25, -0.2) is 0 Å². The van der Waals surface area contributed by atoms with Gasteiger partial charge < -0.3 is 4.90 Å². The van der Waals surface area contributed by atoms with Gasteiger partial charge in [-0.3, -0.25) is 19.2 Å². The lowest BCUT2D eigenvalue weighted by molar-refractivity contribution is -0.193. The number of imide groups is 1. The van der Waals surface area contributed by atoms with E-state index in [0.717, 1.165) is 43.8 Å². The summed E-state index contributed by atoms with van der Waals surface area (Å²) in [6.07, 6.45) is 8.14. The van der Waals surface area contributed by atoms with Crippen molar-refractivity contribution in [3.8, 4) is 0 Å². The van der Waals surface area contributed by atoms with Crippen LogP contribution in [0.1, 0.15) is 25.7 Å². The zero-order chi connectivity index (χ0) is 15.3. The summed E-state index contributed by atoms with van der Waals surface area (Å²) in [5.41, 5.74) is 0. The number of allylic oxidation sites excluding steroid dienone is 2. The number of piperidine rings is 1. The monoisotopic (exact) mass is 304 g/mol. The van der Waals surface area contributed by atoms with Crippen LogP contribution >= 0.6 is 0 Å². The molecule has 1 saturated carbocycles. The van der Waals surface area contributed by atoms with Crippen LogP contribution in [0.3, 0.4) is 0 Å². The van der Waals surface area contributed by atoms with E-state index in [9.17, 15) is 14.4 Å². The molecular weight excluding hydrogens is 284 g/mol. The number of hydrogen-bond acceptors (Lipinski definition) is 4. The van der Waals surface area contributed by atoms with Gasteiger partial charge in [-0.2, -0.15) is 5.06 Å². The minimum atomic E-state index is -0.271. The van der Waals surface area contributed by atoms with Crippen LogP contribution in [-0.4, -0.2) is 47.4 Å². The van der Waals surface area contributed by atoms with Crippen LogP contribution < -0.4 is 0 Å². The van der Waals surface area contributed by atoms with Crippen molar-refractivity contribution in [1.82, 2.24) is 9.96 Å². The molecule has 0 aromatic heterocycles. The zero-order valence-electron chi connectivity index (χ0n) is 12.4. The first-order valence-electron chi connectivity index (χ1n) is 8.13. The van der Waals surface area contributed by atoms with Gasteiger partial charge in [0.15, 0.2) is 6.61 Å². The van der Waals surface area contributed by atoms with E-state index in [0.29, 0.717) is 0 Å². The molecule has 2 aliphatic heterocycles. The van der Waals surface area contributed by atoms with Crippen LogP contribution in [0, 0.1) is 23.7 Å².